The van der Waals surface area contributed by atoms with E-state index >= 15 is 0 Å². The summed E-state index contributed by atoms with van der Waals surface area (Å²) in [5, 5.41) is 3.70. The number of aromatic nitrogens is 1. The van der Waals surface area contributed by atoms with Gasteiger partial charge in [-0.2, -0.15) is 0 Å². The number of thioether (sulfide) groups is 1. The summed E-state index contributed by atoms with van der Waals surface area (Å²) in [6, 6.07) is 9.28. The van der Waals surface area contributed by atoms with Crippen molar-refractivity contribution in [2.24, 2.45) is 0 Å². The third kappa shape index (κ3) is 5.45. The first-order valence-corrected chi connectivity index (χ1v) is 8.86. The monoisotopic (exact) mass is 346 g/mol. The molecule has 0 aliphatic carbocycles. The molecule has 0 spiro atoms. The largest absolute Gasteiger partial charge is 0.490 e. The Hall–Kier alpha value is -2.21. The van der Waals surface area contributed by atoms with E-state index in [1.165, 1.54) is 11.8 Å². The first-order chi connectivity index (χ1) is 11.6. The van der Waals surface area contributed by atoms with Crippen LogP contribution < -0.4 is 14.8 Å². The van der Waals surface area contributed by atoms with Crippen LogP contribution in [0.2, 0.25) is 0 Å². The van der Waals surface area contributed by atoms with E-state index in [0.29, 0.717) is 36.2 Å². The van der Waals surface area contributed by atoms with E-state index in [9.17, 15) is 4.79 Å². The molecule has 24 heavy (non-hydrogen) atoms. The van der Waals surface area contributed by atoms with E-state index in [-0.39, 0.29) is 5.91 Å². The fourth-order valence-corrected chi connectivity index (χ4v) is 2.65. The summed E-state index contributed by atoms with van der Waals surface area (Å²) in [5.74, 6) is 1.52. The lowest BCUT2D eigenvalue weighted by molar-refractivity contribution is -0.113. The zero-order valence-corrected chi connectivity index (χ0v) is 15.0. The van der Waals surface area contributed by atoms with Gasteiger partial charge < -0.3 is 14.8 Å². The molecule has 1 N–H and O–H groups in total. The molecular formula is C18H22N2O3S. The number of anilines is 1. The van der Waals surface area contributed by atoms with Crippen molar-refractivity contribution < 1.29 is 14.3 Å². The van der Waals surface area contributed by atoms with Crippen molar-refractivity contribution in [2.75, 3.05) is 24.3 Å². The highest BCUT2D eigenvalue weighted by molar-refractivity contribution is 7.99. The van der Waals surface area contributed by atoms with Crippen molar-refractivity contribution in [3.63, 3.8) is 0 Å². The third-order valence-electron chi connectivity index (χ3n) is 3.06. The van der Waals surface area contributed by atoms with E-state index in [4.69, 9.17) is 9.47 Å². The maximum atomic E-state index is 12.1. The third-order valence-corrected chi connectivity index (χ3v) is 4.01. The summed E-state index contributed by atoms with van der Waals surface area (Å²) in [6.07, 6.45) is 1.79. The van der Waals surface area contributed by atoms with Crippen LogP contribution in [-0.4, -0.2) is 29.9 Å². The number of carbonyl (C=O) groups is 1. The van der Waals surface area contributed by atoms with E-state index < -0.39 is 0 Å². The molecule has 128 valence electrons. The molecular weight excluding hydrogens is 324 g/mol. The van der Waals surface area contributed by atoms with Crippen LogP contribution in [0.25, 0.3) is 0 Å². The fourth-order valence-electron chi connectivity index (χ4n) is 2.01. The molecule has 0 aliphatic heterocycles. The summed E-state index contributed by atoms with van der Waals surface area (Å²) in [4.78, 5) is 16.4. The number of nitrogens with one attached hydrogen (secondary N) is 1. The minimum Gasteiger partial charge on any atom is -0.490 e. The van der Waals surface area contributed by atoms with Crippen molar-refractivity contribution in [2.45, 2.75) is 25.8 Å². The summed E-state index contributed by atoms with van der Waals surface area (Å²) >= 11 is 1.40. The molecule has 1 amide bonds. The van der Waals surface area contributed by atoms with Crippen LogP contribution in [0.1, 0.15) is 19.4 Å². The maximum Gasteiger partial charge on any atom is 0.234 e. The normalized spacial score (nSPS) is 10.3. The van der Waals surface area contributed by atoms with Crippen LogP contribution in [0.5, 0.6) is 11.5 Å². The van der Waals surface area contributed by atoms with Crippen molar-refractivity contribution in [1.82, 2.24) is 4.98 Å². The van der Waals surface area contributed by atoms with Gasteiger partial charge in [-0.25, -0.2) is 4.98 Å². The average molecular weight is 346 g/mol. The van der Waals surface area contributed by atoms with Crippen LogP contribution in [0, 0.1) is 6.92 Å². The number of hydrogen-bond donors (Lipinski definition) is 1. The first kappa shape index (κ1) is 18.1. The number of ether oxygens (including phenoxy) is 2. The van der Waals surface area contributed by atoms with Gasteiger partial charge in [0.1, 0.15) is 0 Å². The lowest BCUT2D eigenvalue weighted by Gasteiger charge is -2.13. The Balaban J connectivity index is 1.95. The molecule has 2 rings (SSSR count). The molecule has 0 radical (unpaired) electrons. The quantitative estimate of drug-likeness (QED) is 0.734. The standard InChI is InChI=1S/C18H22N2O3S/c1-4-22-15-8-7-14(10-16(15)23-5-2)20-17(21)12-24-18-9-6-13(3)11-19-18/h6-11H,4-5,12H2,1-3H3,(H,20,21). The maximum absolute atomic E-state index is 12.1. The van der Waals surface area contributed by atoms with Gasteiger partial charge in [0.25, 0.3) is 0 Å². The van der Waals surface area contributed by atoms with Crippen molar-refractivity contribution >= 4 is 23.4 Å². The smallest absolute Gasteiger partial charge is 0.234 e. The highest BCUT2D eigenvalue weighted by Crippen LogP contribution is 2.30. The van der Waals surface area contributed by atoms with Crippen molar-refractivity contribution in [1.29, 1.82) is 0 Å². The second-order valence-electron chi connectivity index (χ2n) is 5.04. The number of carbonyl (C=O) groups excluding carboxylic acids is 1. The number of nitrogens with zero attached hydrogens (tertiary/aromatic N) is 1. The zero-order valence-electron chi connectivity index (χ0n) is 14.2. The predicted molar refractivity (Wildman–Crippen MR) is 97.1 cm³/mol. The number of hydrogen-bond acceptors (Lipinski definition) is 5. The molecule has 1 aromatic carbocycles. The topological polar surface area (TPSA) is 60.5 Å². The summed E-state index contributed by atoms with van der Waals surface area (Å²) < 4.78 is 11.1. The SMILES string of the molecule is CCOc1ccc(NC(=O)CSc2ccc(C)cn2)cc1OCC. The van der Waals surface area contributed by atoms with Crippen LogP contribution in [0.4, 0.5) is 5.69 Å². The lowest BCUT2D eigenvalue weighted by Crippen LogP contribution is -2.14. The number of benzene rings is 1. The summed E-state index contributed by atoms with van der Waals surface area (Å²) in [6.45, 7) is 6.91. The molecule has 0 bridgehead atoms. The molecule has 5 nitrogen and oxygen atoms in total. The zero-order chi connectivity index (χ0) is 17.4. The Morgan fingerprint density at radius 3 is 2.54 bits per heavy atom. The molecule has 0 fully saturated rings. The molecule has 0 atom stereocenters. The molecule has 1 heterocycles. The Kier molecular flexibility index (Phi) is 6.93. The van der Waals surface area contributed by atoms with Gasteiger partial charge in [0, 0.05) is 18.0 Å². The number of pyridine rings is 1. The summed E-state index contributed by atoms with van der Waals surface area (Å²) in [5.41, 5.74) is 1.78. The number of aryl methyl sites for hydroxylation is 1. The molecule has 0 saturated carbocycles. The second-order valence-corrected chi connectivity index (χ2v) is 6.03. The van der Waals surface area contributed by atoms with E-state index in [1.807, 2.05) is 32.9 Å². The summed E-state index contributed by atoms with van der Waals surface area (Å²) in [7, 11) is 0. The van der Waals surface area contributed by atoms with Crippen LogP contribution in [-0.2, 0) is 4.79 Å². The van der Waals surface area contributed by atoms with Gasteiger partial charge in [0.15, 0.2) is 11.5 Å². The Bertz CT molecular complexity index is 674. The van der Waals surface area contributed by atoms with Crippen LogP contribution >= 0.6 is 11.8 Å². The second kappa shape index (κ2) is 9.17. The molecule has 1 aromatic heterocycles. The lowest BCUT2D eigenvalue weighted by atomic mass is 10.2. The van der Waals surface area contributed by atoms with E-state index in [0.717, 1.165) is 10.6 Å². The van der Waals surface area contributed by atoms with Gasteiger partial charge in [0.05, 0.1) is 24.0 Å². The predicted octanol–water partition coefficient (Wildman–Crippen LogP) is 3.92. The highest BCUT2D eigenvalue weighted by atomic mass is 32.2. The van der Waals surface area contributed by atoms with Crippen molar-refractivity contribution in [3.8, 4) is 11.5 Å². The van der Waals surface area contributed by atoms with Gasteiger partial charge in [-0.05, 0) is 44.5 Å². The Morgan fingerprint density at radius 2 is 1.88 bits per heavy atom. The van der Waals surface area contributed by atoms with E-state index in [2.05, 4.69) is 10.3 Å². The average Bonchev–Trinajstić information content (AvgIpc) is 2.57. The molecule has 0 unspecified atom stereocenters. The minimum absolute atomic E-state index is 0.0889. The van der Waals surface area contributed by atoms with Gasteiger partial charge in [0.2, 0.25) is 5.91 Å². The highest BCUT2D eigenvalue weighted by Gasteiger charge is 2.09. The minimum atomic E-state index is -0.0889. The number of amides is 1. The molecule has 0 saturated heterocycles. The van der Waals surface area contributed by atoms with Crippen molar-refractivity contribution in [3.05, 3.63) is 42.1 Å². The van der Waals surface area contributed by atoms with Gasteiger partial charge in [-0.1, -0.05) is 17.8 Å². The first-order valence-electron chi connectivity index (χ1n) is 7.87. The molecule has 2 aromatic rings. The van der Waals surface area contributed by atoms with Gasteiger partial charge in [-0.15, -0.1) is 0 Å². The van der Waals surface area contributed by atoms with Crippen LogP contribution in [0.15, 0.2) is 41.6 Å². The Labute approximate surface area is 146 Å². The fraction of sp³-hybridized carbons (Fsp3) is 0.333. The number of rotatable bonds is 8. The van der Waals surface area contributed by atoms with Gasteiger partial charge in [-0.3, -0.25) is 4.79 Å². The van der Waals surface area contributed by atoms with Gasteiger partial charge >= 0.3 is 0 Å². The molecule has 6 heteroatoms. The Morgan fingerprint density at radius 1 is 1.12 bits per heavy atom. The molecule has 0 aliphatic rings. The van der Waals surface area contributed by atoms with E-state index in [1.54, 1.807) is 24.4 Å². The van der Waals surface area contributed by atoms with Crippen LogP contribution in [0.3, 0.4) is 0 Å².